The number of aromatic hydroxyl groups is 1. The molecule has 0 fully saturated rings. The number of hydrogen-bond donors (Lipinski definition) is 2. The van der Waals surface area contributed by atoms with Crippen LogP contribution in [-0.4, -0.2) is 26.5 Å². The Morgan fingerprint density at radius 1 is 1.42 bits per heavy atom. The van der Waals surface area contributed by atoms with Gasteiger partial charge in [0.15, 0.2) is 5.82 Å². The summed E-state index contributed by atoms with van der Waals surface area (Å²) in [5.74, 6) is -0.0361. The lowest BCUT2D eigenvalue weighted by atomic mass is 10.1. The van der Waals surface area contributed by atoms with Crippen LogP contribution in [0.5, 0.6) is 5.75 Å². The second-order valence-electron chi connectivity index (χ2n) is 6.17. The van der Waals surface area contributed by atoms with Gasteiger partial charge >= 0.3 is 0 Å². The molecule has 0 spiro atoms. The zero-order valence-electron chi connectivity index (χ0n) is 13.6. The van der Waals surface area contributed by atoms with Crippen molar-refractivity contribution in [1.82, 2.24) is 14.9 Å². The summed E-state index contributed by atoms with van der Waals surface area (Å²) in [6.45, 7) is 1.34. The van der Waals surface area contributed by atoms with Gasteiger partial charge in [-0.3, -0.25) is 9.69 Å². The molecule has 0 atom stereocenters. The number of fused-ring (bicyclic) bond motifs is 1. The molecular weight excluding hydrogens is 377 g/mol. The van der Waals surface area contributed by atoms with E-state index in [9.17, 15) is 14.3 Å². The van der Waals surface area contributed by atoms with E-state index in [4.69, 9.17) is 11.6 Å². The minimum absolute atomic E-state index is 0.0162. The molecule has 134 valence electrons. The van der Waals surface area contributed by atoms with E-state index in [2.05, 4.69) is 9.97 Å². The minimum Gasteiger partial charge on any atom is -0.506 e. The number of H-pyrrole nitrogens is 1. The number of nitrogens with zero attached hydrogens (tertiary/aromatic N) is 2. The Balaban J connectivity index is 1.60. The summed E-state index contributed by atoms with van der Waals surface area (Å²) in [6, 6.07) is 6.17. The van der Waals surface area contributed by atoms with Crippen molar-refractivity contribution in [3.8, 4) is 16.5 Å². The predicted molar refractivity (Wildman–Crippen MR) is 99.1 cm³/mol. The van der Waals surface area contributed by atoms with Crippen molar-refractivity contribution < 1.29 is 9.50 Å². The highest BCUT2D eigenvalue weighted by atomic mass is 35.5. The fourth-order valence-corrected chi connectivity index (χ4v) is 4.02. The molecular formula is C18H15ClFN3O2S. The molecule has 0 saturated carbocycles. The van der Waals surface area contributed by atoms with E-state index in [0.717, 1.165) is 16.6 Å². The Labute approximate surface area is 157 Å². The average Bonchev–Trinajstić information content (AvgIpc) is 3.14. The highest BCUT2D eigenvalue weighted by Crippen LogP contribution is 2.30. The number of phenols is 1. The van der Waals surface area contributed by atoms with E-state index in [-0.39, 0.29) is 16.3 Å². The number of halogens is 2. The molecule has 5 nitrogen and oxygen atoms in total. The number of phenolic OH excluding ortho intramolecular Hbond substituents is 1. The predicted octanol–water partition coefficient (Wildman–Crippen LogP) is 3.55. The maximum absolute atomic E-state index is 13.6. The molecule has 0 unspecified atom stereocenters. The Morgan fingerprint density at radius 2 is 2.27 bits per heavy atom. The van der Waals surface area contributed by atoms with Gasteiger partial charge in [-0.2, -0.15) is 0 Å². The zero-order valence-corrected chi connectivity index (χ0v) is 15.2. The zero-order chi connectivity index (χ0) is 18.3. The summed E-state index contributed by atoms with van der Waals surface area (Å²) in [4.78, 5) is 22.8. The molecule has 1 aliphatic rings. The molecule has 2 N–H and O–H groups in total. The monoisotopic (exact) mass is 391 g/mol. The highest BCUT2D eigenvalue weighted by molar-refractivity contribution is 7.13. The van der Waals surface area contributed by atoms with Crippen LogP contribution in [0.15, 0.2) is 34.4 Å². The molecule has 3 heterocycles. The van der Waals surface area contributed by atoms with Gasteiger partial charge in [0.05, 0.1) is 21.2 Å². The number of aromatic nitrogens is 2. The van der Waals surface area contributed by atoms with E-state index in [0.29, 0.717) is 43.0 Å². The lowest BCUT2D eigenvalue weighted by molar-refractivity contribution is 0.238. The fraction of sp³-hybridized carbons (Fsp3) is 0.222. The van der Waals surface area contributed by atoms with Crippen LogP contribution >= 0.6 is 22.9 Å². The lowest BCUT2D eigenvalue weighted by Gasteiger charge is -2.28. The van der Waals surface area contributed by atoms with Gasteiger partial charge in [0.25, 0.3) is 5.56 Å². The first-order chi connectivity index (χ1) is 12.5. The summed E-state index contributed by atoms with van der Waals surface area (Å²) < 4.78 is 13.6. The molecule has 0 saturated heterocycles. The standard InChI is InChI=1S/C18H15ClFN3O2S/c19-13-7-11(20)6-10(16(13)24)8-23-4-3-14-12(9-23)18(25)22-17(21-14)15-2-1-5-26-15/h1-2,5-7,24H,3-4,8-9H2,(H,21,22,25). The number of nitrogens with one attached hydrogen (secondary N) is 1. The quantitative estimate of drug-likeness (QED) is 0.716. The normalized spacial score (nSPS) is 14.4. The second-order valence-corrected chi connectivity index (χ2v) is 7.53. The topological polar surface area (TPSA) is 69.2 Å². The van der Waals surface area contributed by atoms with E-state index in [1.165, 1.54) is 17.4 Å². The molecule has 3 aromatic rings. The van der Waals surface area contributed by atoms with E-state index >= 15 is 0 Å². The van der Waals surface area contributed by atoms with Crippen molar-refractivity contribution in [1.29, 1.82) is 0 Å². The Kier molecular flexibility index (Phi) is 4.52. The molecule has 0 amide bonds. The first-order valence-corrected chi connectivity index (χ1v) is 9.32. The second kappa shape index (κ2) is 6.83. The van der Waals surface area contributed by atoms with Crippen molar-refractivity contribution in [3.63, 3.8) is 0 Å². The summed E-state index contributed by atoms with van der Waals surface area (Å²) in [6.07, 6.45) is 0.613. The SMILES string of the molecule is O=c1[nH]c(-c2cccs2)nc2c1CN(Cc1cc(F)cc(Cl)c1O)CC2. The molecule has 8 heteroatoms. The molecule has 4 rings (SSSR count). The molecule has 0 bridgehead atoms. The van der Waals surface area contributed by atoms with E-state index in [1.807, 2.05) is 22.4 Å². The Morgan fingerprint density at radius 3 is 3.04 bits per heavy atom. The van der Waals surface area contributed by atoms with E-state index < -0.39 is 5.82 Å². The largest absolute Gasteiger partial charge is 0.506 e. The number of benzene rings is 1. The van der Waals surface area contributed by atoms with Gasteiger partial charge in [0.2, 0.25) is 0 Å². The molecule has 1 aliphatic heterocycles. The lowest BCUT2D eigenvalue weighted by Crippen LogP contribution is -2.35. The Hall–Kier alpha value is -2.22. The molecule has 0 radical (unpaired) electrons. The number of aromatic amines is 1. The van der Waals surface area contributed by atoms with Crippen LogP contribution in [-0.2, 0) is 19.5 Å². The first-order valence-electron chi connectivity index (χ1n) is 8.06. The van der Waals surface area contributed by atoms with Gasteiger partial charge in [0, 0.05) is 31.6 Å². The van der Waals surface area contributed by atoms with Crippen LogP contribution in [0.1, 0.15) is 16.8 Å². The summed E-state index contributed by atoms with van der Waals surface area (Å²) in [5.41, 5.74) is 1.64. The fourth-order valence-electron chi connectivity index (χ4n) is 3.13. The van der Waals surface area contributed by atoms with Gasteiger partial charge < -0.3 is 10.1 Å². The summed E-state index contributed by atoms with van der Waals surface area (Å²) in [7, 11) is 0. The summed E-state index contributed by atoms with van der Waals surface area (Å²) >= 11 is 7.36. The van der Waals surface area contributed by atoms with Gasteiger partial charge in [-0.15, -0.1) is 11.3 Å². The smallest absolute Gasteiger partial charge is 0.255 e. The maximum atomic E-state index is 13.6. The molecule has 26 heavy (non-hydrogen) atoms. The van der Waals surface area contributed by atoms with Crippen molar-refractivity contribution in [2.45, 2.75) is 19.5 Å². The van der Waals surface area contributed by atoms with Crippen molar-refractivity contribution in [3.05, 3.63) is 67.7 Å². The van der Waals surface area contributed by atoms with Crippen LogP contribution in [0.4, 0.5) is 4.39 Å². The van der Waals surface area contributed by atoms with Crippen molar-refractivity contribution in [2.75, 3.05) is 6.54 Å². The Bertz CT molecular complexity index is 1020. The minimum atomic E-state index is -0.500. The van der Waals surface area contributed by atoms with Gasteiger partial charge in [-0.1, -0.05) is 17.7 Å². The van der Waals surface area contributed by atoms with Crippen LogP contribution in [0, 0.1) is 5.82 Å². The molecule has 1 aromatic carbocycles. The van der Waals surface area contributed by atoms with Crippen LogP contribution in [0.2, 0.25) is 5.02 Å². The van der Waals surface area contributed by atoms with Gasteiger partial charge in [-0.25, -0.2) is 9.37 Å². The number of rotatable bonds is 3. The average molecular weight is 392 g/mol. The van der Waals surface area contributed by atoms with Gasteiger partial charge in [0.1, 0.15) is 11.6 Å². The first kappa shape index (κ1) is 17.2. The maximum Gasteiger partial charge on any atom is 0.255 e. The van der Waals surface area contributed by atoms with E-state index in [1.54, 1.807) is 0 Å². The third kappa shape index (κ3) is 3.25. The highest BCUT2D eigenvalue weighted by Gasteiger charge is 2.23. The summed E-state index contributed by atoms with van der Waals surface area (Å²) in [5, 5.41) is 12.0. The van der Waals surface area contributed by atoms with Crippen molar-refractivity contribution in [2.24, 2.45) is 0 Å². The number of thiophene rings is 1. The number of hydrogen-bond acceptors (Lipinski definition) is 5. The van der Waals surface area contributed by atoms with Crippen LogP contribution < -0.4 is 5.56 Å². The third-order valence-electron chi connectivity index (χ3n) is 4.40. The van der Waals surface area contributed by atoms with Crippen molar-refractivity contribution >= 4 is 22.9 Å². The van der Waals surface area contributed by atoms with Crippen LogP contribution in [0.25, 0.3) is 10.7 Å². The molecule has 0 aliphatic carbocycles. The van der Waals surface area contributed by atoms with Crippen LogP contribution in [0.3, 0.4) is 0 Å². The third-order valence-corrected chi connectivity index (χ3v) is 5.57. The molecule has 2 aromatic heterocycles. The van der Waals surface area contributed by atoms with Gasteiger partial charge in [-0.05, 0) is 23.6 Å².